The third-order valence-corrected chi connectivity index (χ3v) is 19.5. The summed E-state index contributed by atoms with van der Waals surface area (Å²) in [6.45, 7) is 44.5. The first-order valence-electron chi connectivity index (χ1n) is 41.3. The Kier molecular flexibility index (Phi) is 43.8. The van der Waals surface area contributed by atoms with Crippen LogP contribution >= 0.6 is 0 Å². The molecule has 6 aromatic rings. The maximum atomic E-state index is 12.6. The number of pyridine rings is 3. The van der Waals surface area contributed by atoms with Crippen LogP contribution in [-0.2, 0) is 72.6 Å². The van der Waals surface area contributed by atoms with Crippen molar-refractivity contribution in [3.05, 3.63) is 82.8 Å². The number of aliphatic hydroxyl groups excluding tert-OH is 2. The van der Waals surface area contributed by atoms with E-state index in [2.05, 4.69) is 30.6 Å². The zero-order valence-corrected chi connectivity index (χ0v) is 77.5. The summed E-state index contributed by atoms with van der Waals surface area (Å²) in [5, 5.41) is 33.2. The summed E-state index contributed by atoms with van der Waals surface area (Å²) in [6, 6.07) is 12.9. The number of aliphatic hydroxyl groups is 2. The number of hydrogen-bond acceptors (Lipinski definition) is 31. The molecular weight excluding hydrogens is 1660 g/mol. The van der Waals surface area contributed by atoms with Crippen LogP contribution in [0.15, 0.2) is 48.5 Å². The van der Waals surface area contributed by atoms with Crippen LogP contribution in [0.25, 0.3) is 33.2 Å². The average molecular weight is 1790 g/mol. The van der Waals surface area contributed by atoms with Crippen LogP contribution in [0.2, 0.25) is 0 Å². The normalized spacial score (nSPS) is 17.1. The van der Waals surface area contributed by atoms with Gasteiger partial charge in [0.1, 0.15) is 50.6 Å². The van der Waals surface area contributed by atoms with E-state index in [9.17, 15) is 60.6 Å². The highest BCUT2D eigenvalue weighted by Crippen LogP contribution is 2.31. The monoisotopic (exact) mass is 1790 g/mol. The Morgan fingerprint density at radius 1 is 0.581 bits per heavy atom. The molecule has 41 heteroatoms. The van der Waals surface area contributed by atoms with Crippen LogP contribution in [0, 0.1) is 0 Å². The molecule has 0 radical (unpaired) electrons. The lowest BCUT2D eigenvalue weighted by molar-refractivity contribution is -0.155. The zero-order chi connectivity index (χ0) is 94.1. The molecule has 3 aliphatic heterocycles. The third-order valence-electron chi connectivity index (χ3n) is 16.9. The second kappa shape index (κ2) is 50.2. The van der Waals surface area contributed by atoms with Gasteiger partial charge in [0.2, 0.25) is 5.82 Å². The van der Waals surface area contributed by atoms with Crippen LogP contribution in [0.3, 0.4) is 0 Å². The minimum atomic E-state index is -3.99. The van der Waals surface area contributed by atoms with E-state index >= 15 is 0 Å². The summed E-state index contributed by atoms with van der Waals surface area (Å²) < 4.78 is 92.0. The number of nitrogens with one attached hydrogen (secondary N) is 2. The molecule has 0 saturated carbocycles. The van der Waals surface area contributed by atoms with Gasteiger partial charge in [-0.2, -0.15) is 12.7 Å². The minimum absolute atomic E-state index is 0.0375. The highest BCUT2D eigenvalue weighted by molar-refractivity contribution is 7.85. The van der Waals surface area contributed by atoms with Crippen molar-refractivity contribution in [1.82, 2.24) is 52.9 Å². The van der Waals surface area contributed by atoms with E-state index in [1.807, 2.05) is 48.5 Å². The number of esters is 5. The first-order valence-corrected chi connectivity index (χ1v) is 43.7. The molecule has 8 atom stereocenters. The van der Waals surface area contributed by atoms with Gasteiger partial charge in [-0.25, -0.2) is 66.8 Å². The summed E-state index contributed by atoms with van der Waals surface area (Å²) in [6.07, 6.45) is 2.26. The Morgan fingerprint density at radius 2 is 1.03 bits per heavy atom. The largest absolute Gasteiger partial charge is 0.477 e. The molecule has 9 N–H and O–H groups in total. The van der Waals surface area contributed by atoms with E-state index in [0.29, 0.717) is 116 Å². The first kappa shape index (κ1) is 108. The molecule has 39 nitrogen and oxygen atoms in total. The molecule has 124 heavy (non-hydrogen) atoms. The van der Waals surface area contributed by atoms with E-state index in [-0.39, 0.29) is 105 Å². The van der Waals surface area contributed by atoms with Crippen LogP contribution in [0.5, 0.6) is 0 Å². The SMILES string of the molecule is CC(O)CCN.CC(O)CCNC(=O)OC(C)(C)C.CC1CCN(C(=O)OC(C)(C)C)S(=O)(=O)O1.CC1CCN(C(=O)OC(C)(C)C)S(=O)O1.CC1CCNC(=O)c2nc3ccc(C(=O)O)nc3n21.CCOC(=O)c1ccc2cc(C(=O)OCC)n(C(C)CCCC(=O)OC(C)(C)C)c2n1.CCOC(=O)c1ccc2cc(C(=O)OCC)n(C(C)CCN)c2n1. The molecular formula is C83H131N13O26S2. The molecule has 8 unspecified atom stereocenters. The molecule has 0 aromatic carbocycles. The molecule has 2 fully saturated rings. The molecule has 0 aliphatic carbocycles. The molecule has 9 rings (SSSR count). The molecule has 9 heterocycles. The van der Waals surface area contributed by atoms with Crippen LogP contribution in [0.4, 0.5) is 14.4 Å². The number of carbonyl (C=O) groups is 10. The first-order chi connectivity index (χ1) is 57.7. The lowest BCUT2D eigenvalue weighted by Crippen LogP contribution is -2.47. The maximum Gasteiger partial charge on any atom is 0.425 e. The number of alkyl carbamates (subject to hydrolysis) is 1. The maximum absolute atomic E-state index is 12.6. The number of imidazole rings is 1. The van der Waals surface area contributed by atoms with Gasteiger partial charge in [-0.1, -0.05) is 0 Å². The minimum Gasteiger partial charge on any atom is -0.477 e. The van der Waals surface area contributed by atoms with E-state index < -0.39 is 104 Å². The number of nitrogens with two attached hydrogens (primary N) is 2. The summed E-state index contributed by atoms with van der Waals surface area (Å²) in [7, 11) is -3.99. The van der Waals surface area contributed by atoms with Crippen molar-refractivity contribution in [1.29, 1.82) is 0 Å². The molecule has 3 aliphatic rings. The number of nitrogens with zero attached hydrogens (tertiary/aromatic N) is 9. The lowest BCUT2D eigenvalue weighted by atomic mass is 10.1. The summed E-state index contributed by atoms with van der Waals surface area (Å²) in [4.78, 5) is 135. The Bertz CT molecular complexity index is 4670. The fraction of sp³-hybridized carbons (Fsp3) is 0.639. The van der Waals surface area contributed by atoms with Gasteiger partial charge in [-0.05, 0) is 272 Å². The van der Waals surface area contributed by atoms with Gasteiger partial charge in [0.05, 0.1) is 50.8 Å². The number of rotatable bonds is 22. The van der Waals surface area contributed by atoms with Crippen LogP contribution in [-0.4, -0.2) is 243 Å². The zero-order valence-electron chi connectivity index (χ0n) is 75.8. The number of hydrogen-bond donors (Lipinski definition) is 7. The molecule has 0 spiro atoms. The van der Waals surface area contributed by atoms with E-state index in [4.69, 9.17) is 73.0 Å². The van der Waals surface area contributed by atoms with Crippen LogP contribution in [0.1, 0.15) is 298 Å². The molecule has 2 saturated heterocycles. The molecule has 6 aromatic heterocycles. The highest BCUT2D eigenvalue weighted by atomic mass is 32.2. The van der Waals surface area contributed by atoms with E-state index in [1.54, 1.807) is 167 Å². The fourth-order valence-corrected chi connectivity index (χ4v) is 13.4. The van der Waals surface area contributed by atoms with Crippen molar-refractivity contribution in [3.63, 3.8) is 0 Å². The molecule has 696 valence electrons. The van der Waals surface area contributed by atoms with Gasteiger partial charge in [0, 0.05) is 61.5 Å². The second-order valence-corrected chi connectivity index (χ2v) is 35.4. The number of carboxylic acid groups (broad SMARTS) is 1. The Hall–Kier alpha value is -10.0. The second-order valence-electron chi connectivity index (χ2n) is 32.9. The Labute approximate surface area is 728 Å². The van der Waals surface area contributed by atoms with E-state index in [1.165, 1.54) is 6.07 Å². The van der Waals surface area contributed by atoms with E-state index in [0.717, 1.165) is 21.5 Å². The van der Waals surface area contributed by atoms with Crippen molar-refractivity contribution in [2.45, 2.75) is 282 Å². The Balaban J connectivity index is 0.000000388. The number of fused-ring (bicyclic) bond motifs is 5. The number of carbonyl (C=O) groups excluding carboxylic acids is 9. The van der Waals surface area contributed by atoms with Crippen molar-refractivity contribution < 1.29 is 122 Å². The molecule has 0 bridgehead atoms. The van der Waals surface area contributed by atoms with Gasteiger partial charge < -0.3 is 89.0 Å². The molecule has 4 amide bonds. The van der Waals surface area contributed by atoms with Gasteiger partial charge >= 0.3 is 64.4 Å². The number of ether oxygens (including phenoxy) is 8. The average Bonchev–Trinajstić information content (AvgIpc) is 1.62. The van der Waals surface area contributed by atoms with Crippen molar-refractivity contribution in [2.75, 3.05) is 65.7 Å². The van der Waals surface area contributed by atoms with Gasteiger partial charge in [-0.15, -0.1) is 0 Å². The number of amides is 4. The Morgan fingerprint density at radius 3 is 1.47 bits per heavy atom. The van der Waals surface area contributed by atoms with Gasteiger partial charge in [0.25, 0.3) is 17.2 Å². The summed E-state index contributed by atoms with van der Waals surface area (Å²) >= 11 is -1.71. The predicted octanol–water partition coefficient (Wildman–Crippen LogP) is 11.5. The standard InChI is InChI=1S/C23H32N2O6.C17H23N3O4.C12H12N4O3.C9H17NO5S.C9H17NO4S.C9H19NO3.C4H11NO/c1-7-29-21(27)17-13-12-16-14-18(22(28)30-8-2)25(20(16)24-17)15(3)10-9-11-19(26)31-23(4,5)6;1-4-23-16(21)13-7-6-12-10-14(17(22)24-5-2)20(15(12)19-13)11(3)8-9-18;1-6-4-5-13-11(17)10-14-7-2-3-8(12(18)19)15-9(7)16(6)10;1-7-5-6-10(16(12,13)15-7)8(11)14-9(2,3)4;1-7-5-6-10(15(12)14-7)8(11)13-9(2,3)4;1-7(11)5-6-10-8(12)13-9(2,3)4;1-4(6)2-3-5/h12-15H,7-11H2,1-6H3;6-7,10-11H,4-5,8-9,18H2,1-3H3;2-3,6H,4-5H2,1H3,(H,13,17)(H,18,19);7H,5-6H2,1-4H3;7H,5-6H2,1-4H3;7,11H,5-6H2,1-4H3,(H,10,12);4,6H,2-3,5H2,1H3. The van der Waals surface area contributed by atoms with Crippen molar-refractivity contribution in [2.24, 2.45) is 11.5 Å². The number of carboxylic acids is 1. The summed E-state index contributed by atoms with van der Waals surface area (Å²) in [5.74, 6) is -3.21. The highest BCUT2D eigenvalue weighted by Gasteiger charge is 2.38. The number of aromatic carboxylic acids is 1. The fourth-order valence-electron chi connectivity index (χ4n) is 11.4. The number of aromatic nitrogens is 7. The van der Waals surface area contributed by atoms with Gasteiger partial charge in [0.15, 0.2) is 22.7 Å². The lowest BCUT2D eigenvalue weighted by Gasteiger charge is -2.31. The quantitative estimate of drug-likeness (QED) is 0.0245. The van der Waals surface area contributed by atoms with Crippen molar-refractivity contribution >= 4 is 115 Å². The summed E-state index contributed by atoms with van der Waals surface area (Å²) in [5.41, 5.74) is 11.5. The van der Waals surface area contributed by atoms with Gasteiger partial charge in [-0.3, -0.25) is 18.0 Å². The third kappa shape index (κ3) is 36.6. The predicted molar refractivity (Wildman–Crippen MR) is 461 cm³/mol. The van der Waals surface area contributed by atoms with Crippen molar-refractivity contribution in [3.8, 4) is 0 Å². The smallest absolute Gasteiger partial charge is 0.425 e. The topological polar surface area (TPSA) is 524 Å². The van der Waals surface area contributed by atoms with Crippen LogP contribution < -0.4 is 22.1 Å².